The number of amides is 4. The Balaban J connectivity index is 1.44. The van der Waals surface area contributed by atoms with E-state index in [2.05, 4.69) is 17.6 Å². The van der Waals surface area contributed by atoms with Crippen LogP contribution in [0.15, 0.2) is 18.2 Å². The highest BCUT2D eigenvalue weighted by Gasteiger charge is 2.52. The second kappa shape index (κ2) is 8.40. The van der Waals surface area contributed by atoms with Crippen LogP contribution < -0.4 is 20.1 Å². The van der Waals surface area contributed by atoms with Crippen molar-refractivity contribution >= 4 is 17.8 Å². The van der Waals surface area contributed by atoms with E-state index in [0.717, 1.165) is 23.3 Å². The minimum atomic E-state index is -0.836. The van der Waals surface area contributed by atoms with E-state index < -0.39 is 11.6 Å². The van der Waals surface area contributed by atoms with Crippen LogP contribution in [0.3, 0.4) is 0 Å². The summed E-state index contributed by atoms with van der Waals surface area (Å²) in [6, 6.07) is 4.87. The molecule has 1 saturated heterocycles. The van der Waals surface area contributed by atoms with Crippen LogP contribution in [0, 0.1) is 11.8 Å². The molecule has 2 N–H and O–H groups in total. The van der Waals surface area contributed by atoms with Crippen molar-refractivity contribution in [3.63, 3.8) is 0 Å². The van der Waals surface area contributed by atoms with Crippen molar-refractivity contribution in [2.45, 2.75) is 58.0 Å². The van der Waals surface area contributed by atoms with Gasteiger partial charge in [-0.2, -0.15) is 0 Å². The number of carbonyl (C=O) groups is 3. The van der Waals surface area contributed by atoms with Crippen molar-refractivity contribution < 1.29 is 23.9 Å². The third-order valence-electron chi connectivity index (χ3n) is 6.58. The molecule has 0 radical (unpaired) electrons. The predicted molar refractivity (Wildman–Crippen MR) is 114 cm³/mol. The zero-order valence-electron chi connectivity index (χ0n) is 18.4. The lowest BCUT2D eigenvalue weighted by molar-refractivity contribution is -0.136. The summed E-state index contributed by atoms with van der Waals surface area (Å²) in [5.74, 6) is 1.35. The molecule has 1 aliphatic carbocycles. The number of imide groups is 1. The van der Waals surface area contributed by atoms with Gasteiger partial charge in [0.05, 0.1) is 6.04 Å². The Hall–Kier alpha value is -2.77. The van der Waals surface area contributed by atoms with Gasteiger partial charge in [-0.15, -0.1) is 0 Å². The average molecular weight is 430 g/mol. The zero-order chi connectivity index (χ0) is 22.2. The summed E-state index contributed by atoms with van der Waals surface area (Å²) in [6.07, 6.45) is 3.04. The summed E-state index contributed by atoms with van der Waals surface area (Å²) in [6.45, 7) is 6.89. The van der Waals surface area contributed by atoms with Gasteiger partial charge in [0.1, 0.15) is 25.3 Å². The van der Waals surface area contributed by atoms with Crippen molar-refractivity contribution in [1.29, 1.82) is 0 Å². The van der Waals surface area contributed by atoms with Gasteiger partial charge >= 0.3 is 6.03 Å². The Bertz CT molecular complexity index is 876. The molecule has 3 aliphatic rings. The molecule has 31 heavy (non-hydrogen) atoms. The summed E-state index contributed by atoms with van der Waals surface area (Å²) in [5, 5.41) is 5.86. The summed E-state index contributed by atoms with van der Waals surface area (Å²) in [7, 11) is 0. The van der Waals surface area contributed by atoms with Gasteiger partial charge in [-0.3, -0.25) is 14.5 Å². The lowest BCUT2D eigenvalue weighted by Gasteiger charge is -2.33. The smallest absolute Gasteiger partial charge is 0.325 e. The number of rotatable bonds is 5. The Kier molecular flexibility index (Phi) is 5.81. The fraction of sp³-hybridized carbons (Fsp3) is 0.609. The second-order valence-corrected chi connectivity index (χ2v) is 9.28. The normalized spacial score (nSPS) is 26.2. The number of nitrogens with one attached hydrogen (secondary N) is 2. The molecule has 1 saturated carbocycles. The molecule has 0 aromatic heterocycles. The lowest BCUT2D eigenvalue weighted by Crippen LogP contribution is -2.50. The van der Waals surface area contributed by atoms with Crippen LogP contribution in [0.4, 0.5) is 4.79 Å². The number of fused-ring (bicyclic) bond motifs is 1. The maximum atomic E-state index is 13.0. The van der Waals surface area contributed by atoms with E-state index in [1.54, 1.807) is 0 Å². The van der Waals surface area contributed by atoms with Crippen LogP contribution in [0.5, 0.6) is 11.5 Å². The number of nitrogens with zero attached hydrogens (tertiary/aromatic N) is 1. The quantitative estimate of drug-likeness (QED) is 0.702. The zero-order valence-corrected chi connectivity index (χ0v) is 18.4. The number of carbonyl (C=O) groups excluding carboxylic acids is 3. The number of urea groups is 1. The van der Waals surface area contributed by atoms with Crippen molar-refractivity contribution in [2.24, 2.45) is 11.8 Å². The molecule has 2 aliphatic heterocycles. The molecule has 1 aromatic carbocycles. The fourth-order valence-corrected chi connectivity index (χ4v) is 4.66. The van der Waals surface area contributed by atoms with E-state index in [1.165, 1.54) is 0 Å². The average Bonchev–Trinajstić information content (AvgIpc) is 2.98. The van der Waals surface area contributed by atoms with Gasteiger partial charge in [-0.1, -0.05) is 26.8 Å². The van der Waals surface area contributed by atoms with Gasteiger partial charge in [-0.25, -0.2) is 4.79 Å². The molecule has 168 valence electrons. The van der Waals surface area contributed by atoms with Crippen LogP contribution >= 0.6 is 0 Å². The Morgan fingerprint density at radius 2 is 1.87 bits per heavy atom. The van der Waals surface area contributed by atoms with Crippen molar-refractivity contribution in [2.75, 3.05) is 19.8 Å². The van der Waals surface area contributed by atoms with Gasteiger partial charge in [0.15, 0.2) is 11.5 Å². The van der Waals surface area contributed by atoms with Crippen LogP contribution in [0.1, 0.15) is 58.1 Å². The number of benzene rings is 1. The SMILES string of the molecule is CC1CCC2(CC1)NC(=O)N(CC(=O)N[C@@H](c1ccc3c(c1)OCCO3)C(C)C)C2=O. The summed E-state index contributed by atoms with van der Waals surface area (Å²) in [5.41, 5.74) is 0.0551. The molecule has 8 heteroatoms. The first-order valence-corrected chi connectivity index (χ1v) is 11.1. The maximum Gasteiger partial charge on any atom is 0.325 e. The molecule has 1 aromatic rings. The first kappa shape index (κ1) is 21.5. The minimum Gasteiger partial charge on any atom is -0.486 e. The Morgan fingerprint density at radius 1 is 1.19 bits per heavy atom. The monoisotopic (exact) mass is 429 g/mol. The highest BCUT2D eigenvalue weighted by molar-refractivity contribution is 6.09. The van der Waals surface area contributed by atoms with E-state index in [-0.39, 0.29) is 30.3 Å². The third kappa shape index (κ3) is 4.20. The minimum absolute atomic E-state index is 0.0980. The number of ether oxygens (including phenoxy) is 2. The van der Waals surface area contributed by atoms with E-state index >= 15 is 0 Å². The molecule has 4 amide bonds. The fourth-order valence-electron chi connectivity index (χ4n) is 4.66. The Labute approximate surface area is 182 Å². The largest absolute Gasteiger partial charge is 0.486 e. The standard InChI is InChI=1S/C23H31N3O5/c1-14(2)20(16-4-5-17-18(12-16)31-11-10-30-17)24-19(27)13-26-21(28)23(25-22(26)29)8-6-15(3)7-9-23/h4-5,12,14-15,20H,6-11,13H2,1-3H3,(H,24,27)(H,25,29)/t15?,20-,23?/m1/s1. The molecule has 2 fully saturated rings. The number of hydrogen-bond acceptors (Lipinski definition) is 5. The first-order chi connectivity index (χ1) is 14.8. The van der Waals surface area contributed by atoms with Crippen LogP contribution in [-0.4, -0.2) is 48.0 Å². The van der Waals surface area contributed by atoms with Crippen LogP contribution in [0.2, 0.25) is 0 Å². The topological polar surface area (TPSA) is 97.0 Å². The van der Waals surface area contributed by atoms with Gasteiger partial charge in [0.25, 0.3) is 5.91 Å². The van der Waals surface area contributed by atoms with Crippen LogP contribution in [-0.2, 0) is 9.59 Å². The van der Waals surface area contributed by atoms with Gasteiger partial charge in [0.2, 0.25) is 5.91 Å². The van der Waals surface area contributed by atoms with Crippen molar-refractivity contribution in [3.8, 4) is 11.5 Å². The summed E-state index contributed by atoms with van der Waals surface area (Å²) in [4.78, 5) is 39.4. The third-order valence-corrected chi connectivity index (χ3v) is 6.58. The highest BCUT2D eigenvalue weighted by Crippen LogP contribution is 2.37. The molecule has 8 nitrogen and oxygen atoms in total. The molecule has 0 unspecified atom stereocenters. The first-order valence-electron chi connectivity index (χ1n) is 11.1. The van der Waals surface area contributed by atoms with Crippen molar-refractivity contribution in [1.82, 2.24) is 15.5 Å². The molecule has 0 bridgehead atoms. The van der Waals surface area contributed by atoms with Gasteiger partial charge in [0, 0.05) is 0 Å². The van der Waals surface area contributed by atoms with Gasteiger partial charge in [-0.05, 0) is 55.2 Å². The number of hydrogen-bond donors (Lipinski definition) is 2. The van der Waals surface area contributed by atoms with E-state index in [4.69, 9.17) is 9.47 Å². The summed E-state index contributed by atoms with van der Waals surface area (Å²) >= 11 is 0. The van der Waals surface area contributed by atoms with Crippen LogP contribution in [0.25, 0.3) is 0 Å². The molecule has 2 heterocycles. The highest BCUT2D eigenvalue weighted by atomic mass is 16.6. The molecule has 1 atom stereocenters. The molecular weight excluding hydrogens is 398 g/mol. The van der Waals surface area contributed by atoms with E-state index in [0.29, 0.717) is 43.5 Å². The predicted octanol–water partition coefficient (Wildman–Crippen LogP) is 2.77. The van der Waals surface area contributed by atoms with Gasteiger partial charge < -0.3 is 20.1 Å². The maximum absolute atomic E-state index is 13.0. The molecule has 4 rings (SSSR count). The lowest BCUT2D eigenvalue weighted by atomic mass is 9.77. The molecule has 1 spiro atoms. The molecular formula is C23H31N3O5. The second-order valence-electron chi connectivity index (χ2n) is 9.28. The van der Waals surface area contributed by atoms with E-state index in [9.17, 15) is 14.4 Å². The van der Waals surface area contributed by atoms with E-state index in [1.807, 2.05) is 32.0 Å². The van der Waals surface area contributed by atoms with Crippen molar-refractivity contribution in [3.05, 3.63) is 23.8 Å². The summed E-state index contributed by atoms with van der Waals surface area (Å²) < 4.78 is 11.2. The Morgan fingerprint density at radius 3 is 2.55 bits per heavy atom.